The first-order valence-corrected chi connectivity index (χ1v) is 8.19. The van der Waals surface area contributed by atoms with E-state index in [9.17, 15) is 0 Å². The molecule has 2 rings (SSSR count). The molecule has 1 unspecified atom stereocenters. The lowest BCUT2D eigenvalue weighted by atomic mass is 9.96. The Bertz CT molecular complexity index is 427. The van der Waals surface area contributed by atoms with Gasteiger partial charge in [-0.3, -0.25) is 0 Å². The molecular weight excluding hydrogens is 260 g/mol. The van der Waals surface area contributed by atoms with Gasteiger partial charge in [-0.15, -0.1) is 0 Å². The van der Waals surface area contributed by atoms with Crippen molar-refractivity contribution in [1.29, 1.82) is 0 Å². The number of hydrogen-bond acceptors (Lipinski definition) is 4. The van der Waals surface area contributed by atoms with Crippen LogP contribution in [0, 0.1) is 5.92 Å². The zero-order valence-electron chi connectivity index (χ0n) is 14.0. The Morgan fingerprint density at radius 2 is 2.14 bits per heavy atom. The predicted octanol–water partition coefficient (Wildman–Crippen LogP) is 2.53. The standard InChI is InChI=1S/C17H30N4/c1-5-18-14(2)16-6-9-19-17(12-16)21(4)13-15-7-10-20(3)11-8-15/h6,9,12,14-15,18H,5,7-8,10-11,13H2,1-4H3. The lowest BCUT2D eigenvalue weighted by molar-refractivity contribution is 0.222. The molecule has 0 bridgehead atoms. The van der Waals surface area contributed by atoms with Gasteiger partial charge in [0.05, 0.1) is 0 Å². The molecule has 1 aliphatic rings. The fourth-order valence-electron chi connectivity index (χ4n) is 3.06. The molecule has 0 aliphatic carbocycles. The van der Waals surface area contributed by atoms with Crippen LogP contribution in [0.3, 0.4) is 0 Å². The number of aromatic nitrogens is 1. The molecule has 1 saturated heterocycles. The smallest absolute Gasteiger partial charge is 0.128 e. The zero-order chi connectivity index (χ0) is 15.2. The summed E-state index contributed by atoms with van der Waals surface area (Å²) in [5, 5.41) is 3.46. The molecule has 1 aromatic rings. The van der Waals surface area contributed by atoms with Gasteiger partial charge in [0, 0.05) is 25.8 Å². The maximum atomic E-state index is 4.55. The maximum Gasteiger partial charge on any atom is 0.128 e. The quantitative estimate of drug-likeness (QED) is 0.872. The van der Waals surface area contributed by atoms with E-state index in [0.717, 1.165) is 24.8 Å². The summed E-state index contributed by atoms with van der Waals surface area (Å²) in [6, 6.07) is 4.72. The molecule has 0 radical (unpaired) electrons. The molecule has 21 heavy (non-hydrogen) atoms. The highest BCUT2D eigenvalue weighted by Gasteiger charge is 2.19. The Balaban J connectivity index is 1.95. The lowest BCUT2D eigenvalue weighted by Gasteiger charge is -2.32. The molecule has 4 nitrogen and oxygen atoms in total. The topological polar surface area (TPSA) is 31.4 Å². The van der Waals surface area contributed by atoms with Gasteiger partial charge in [0.2, 0.25) is 0 Å². The van der Waals surface area contributed by atoms with Crippen molar-refractivity contribution in [3.05, 3.63) is 23.9 Å². The number of piperidine rings is 1. The van der Waals surface area contributed by atoms with Gasteiger partial charge in [0.25, 0.3) is 0 Å². The predicted molar refractivity (Wildman–Crippen MR) is 89.8 cm³/mol. The molecule has 0 amide bonds. The fraction of sp³-hybridized carbons (Fsp3) is 0.706. The number of anilines is 1. The average Bonchev–Trinajstić information content (AvgIpc) is 2.50. The van der Waals surface area contributed by atoms with Crippen LogP contribution < -0.4 is 10.2 Å². The summed E-state index contributed by atoms with van der Waals surface area (Å²) in [6.45, 7) is 8.90. The van der Waals surface area contributed by atoms with Crippen molar-refractivity contribution in [3.8, 4) is 0 Å². The minimum absolute atomic E-state index is 0.383. The third-order valence-electron chi connectivity index (χ3n) is 4.54. The van der Waals surface area contributed by atoms with E-state index in [1.165, 1.54) is 31.5 Å². The van der Waals surface area contributed by atoms with E-state index in [-0.39, 0.29) is 0 Å². The van der Waals surface area contributed by atoms with Crippen LogP contribution in [0.15, 0.2) is 18.3 Å². The lowest BCUT2D eigenvalue weighted by Crippen LogP contribution is -2.36. The Morgan fingerprint density at radius 1 is 1.43 bits per heavy atom. The van der Waals surface area contributed by atoms with Crippen molar-refractivity contribution in [2.24, 2.45) is 5.92 Å². The third kappa shape index (κ3) is 4.68. The second-order valence-electron chi connectivity index (χ2n) is 6.35. The van der Waals surface area contributed by atoms with Gasteiger partial charge in [-0.05, 0) is 70.1 Å². The van der Waals surface area contributed by atoms with E-state index in [2.05, 4.69) is 60.2 Å². The number of rotatable bonds is 6. The van der Waals surface area contributed by atoms with Crippen molar-refractivity contribution in [2.75, 3.05) is 45.2 Å². The van der Waals surface area contributed by atoms with Crippen LogP contribution in [-0.4, -0.2) is 50.2 Å². The Labute approximate surface area is 129 Å². The Morgan fingerprint density at radius 3 is 2.81 bits per heavy atom. The first kappa shape index (κ1) is 16.2. The minimum atomic E-state index is 0.383. The van der Waals surface area contributed by atoms with Crippen molar-refractivity contribution in [1.82, 2.24) is 15.2 Å². The summed E-state index contributed by atoms with van der Waals surface area (Å²) in [4.78, 5) is 9.29. The average molecular weight is 290 g/mol. The van der Waals surface area contributed by atoms with Crippen molar-refractivity contribution in [3.63, 3.8) is 0 Å². The summed E-state index contributed by atoms with van der Waals surface area (Å²) >= 11 is 0. The van der Waals surface area contributed by atoms with Crippen molar-refractivity contribution < 1.29 is 0 Å². The highest BCUT2D eigenvalue weighted by atomic mass is 15.2. The van der Waals surface area contributed by atoms with E-state index < -0.39 is 0 Å². The number of pyridine rings is 1. The van der Waals surface area contributed by atoms with Crippen LogP contribution in [0.25, 0.3) is 0 Å². The van der Waals surface area contributed by atoms with Crippen LogP contribution in [0.5, 0.6) is 0 Å². The largest absolute Gasteiger partial charge is 0.359 e. The zero-order valence-corrected chi connectivity index (χ0v) is 14.0. The first-order chi connectivity index (χ1) is 10.1. The van der Waals surface area contributed by atoms with E-state index in [1.54, 1.807) is 0 Å². The summed E-state index contributed by atoms with van der Waals surface area (Å²) < 4.78 is 0. The molecule has 4 heteroatoms. The van der Waals surface area contributed by atoms with Gasteiger partial charge in [-0.1, -0.05) is 6.92 Å². The first-order valence-electron chi connectivity index (χ1n) is 8.19. The van der Waals surface area contributed by atoms with Crippen LogP contribution >= 0.6 is 0 Å². The van der Waals surface area contributed by atoms with Crippen LogP contribution in [0.2, 0.25) is 0 Å². The molecule has 1 N–H and O–H groups in total. The maximum absolute atomic E-state index is 4.55. The molecule has 1 aliphatic heterocycles. The van der Waals surface area contributed by atoms with Crippen molar-refractivity contribution >= 4 is 5.82 Å². The molecule has 1 aromatic heterocycles. The highest BCUT2D eigenvalue weighted by Crippen LogP contribution is 2.21. The Hall–Kier alpha value is -1.13. The minimum Gasteiger partial charge on any atom is -0.359 e. The summed E-state index contributed by atoms with van der Waals surface area (Å²) in [5.41, 5.74) is 1.32. The number of nitrogens with one attached hydrogen (secondary N) is 1. The van der Waals surface area contributed by atoms with Gasteiger partial charge < -0.3 is 15.1 Å². The van der Waals surface area contributed by atoms with Crippen LogP contribution in [0.4, 0.5) is 5.82 Å². The molecule has 1 atom stereocenters. The third-order valence-corrected chi connectivity index (χ3v) is 4.54. The molecule has 0 aromatic carbocycles. The van der Waals surface area contributed by atoms with E-state index in [4.69, 9.17) is 0 Å². The molecule has 118 valence electrons. The summed E-state index contributed by atoms with van der Waals surface area (Å²) in [7, 11) is 4.38. The number of likely N-dealkylation sites (tertiary alicyclic amines) is 1. The molecule has 0 spiro atoms. The molecule has 1 fully saturated rings. The van der Waals surface area contributed by atoms with E-state index >= 15 is 0 Å². The van der Waals surface area contributed by atoms with Crippen LogP contribution in [0.1, 0.15) is 38.3 Å². The second-order valence-corrected chi connectivity index (χ2v) is 6.35. The monoisotopic (exact) mass is 290 g/mol. The number of hydrogen-bond donors (Lipinski definition) is 1. The molecule has 0 saturated carbocycles. The van der Waals surface area contributed by atoms with Gasteiger partial charge in [0.15, 0.2) is 0 Å². The van der Waals surface area contributed by atoms with Crippen LogP contribution in [-0.2, 0) is 0 Å². The van der Waals surface area contributed by atoms with Crippen molar-refractivity contribution in [2.45, 2.75) is 32.7 Å². The number of nitrogens with zero attached hydrogens (tertiary/aromatic N) is 3. The Kier molecular flexibility index (Phi) is 6.00. The van der Waals surface area contributed by atoms with E-state index in [0.29, 0.717) is 6.04 Å². The van der Waals surface area contributed by atoms with Gasteiger partial charge in [-0.25, -0.2) is 4.98 Å². The molecular formula is C17H30N4. The highest BCUT2D eigenvalue weighted by molar-refractivity contribution is 5.41. The molecule has 2 heterocycles. The summed E-state index contributed by atoms with van der Waals surface area (Å²) in [6.07, 6.45) is 4.53. The van der Waals surface area contributed by atoms with Gasteiger partial charge in [0.1, 0.15) is 5.82 Å². The second kappa shape index (κ2) is 7.76. The SMILES string of the molecule is CCNC(C)c1ccnc(N(C)CC2CCN(C)CC2)c1. The summed E-state index contributed by atoms with van der Waals surface area (Å²) in [5.74, 6) is 1.89. The van der Waals surface area contributed by atoms with Gasteiger partial charge >= 0.3 is 0 Å². The normalized spacial score (nSPS) is 18.7. The fourth-order valence-corrected chi connectivity index (χ4v) is 3.06. The van der Waals surface area contributed by atoms with Gasteiger partial charge in [-0.2, -0.15) is 0 Å². The van der Waals surface area contributed by atoms with E-state index in [1.807, 2.05) is 6.20 Å².